The van der Waals surface area contributed by atoms with Crippen molar-refractivity contribution in [3.8, 4) is 5.75 Å². The van der Waals surface area contributed by atoms with Crippen LogP contribution in [0.15, 0.2) is 83.8 Å². The molecule has 0 saturated heterocycles. The SMILES string of the molecule is O=C(COc1ccc(C(=O)c2ccccc2)cc1)Nc1ccccc1SC(F)F. The van der Waals surface area contributed by atoms with Gasteiger partial charge >= 0.3 is 0 Å². The van der Waals surface area contributed by atoms with Gasteiger partial charge in [0.05, 0.1) is 5.69 Å². The normalized spacial score (nSPS) is 10.6. The van der Waals surface area contributed by atoms with Crippen LogP contribution >= 0.6 is 11.8 Å². The van der Waals surface area contributed by atoms with E-state index in [1.54, 1.807) is 66.7 Å². The summed E-state index contributed by atoms with van der Waals surface area (Å²) in [6.45, 7) is -0.292. The summed E-state index contributed by atoms with van der Waals surface area (Å²) in [5, 5.41) is 2.57. The maximum Gasteiger partial charge on any atom is 0.288 e. The van der Waals surface area contributed by atoms with E-state index in [4.69, 9.17) is 4.74 Å². The quantitative estimate of drug-likeness (QED) is 0.405. The molecule has 1 amide bonds. The summed E-state index contributed by atoms with van der Waals surface area (Å²) in [6, 6.07) is 21.7. The Labute approximate surface area is 170 Å². The number of benzene rings is 3. The number of hydrogen-bond acceptors (Lipinski definition) is 4. The van der Waals surface area contributed by atoms with Crippen molar-refractivity contribution in [3.05, 3.63) is 90.0 Å². The van der Waals surface area contributed by atoms with Gasteiger partial charge in [0.1, 0.15) is 5.75 Å². The topological polar surface area (TPSA) is 55.4 Å². The van der Waals surface area contributed by atoms with E-state index in [-0.39, 0.29) is 17.3 Å². The van der Waals surface area contributed by atoms with Gasteiger partial charge in [-0.3, -0.25) is 9.59 Å². The summed E-state index contributed by atoms with van der Waals surface area (Å²) in [5.74, 6) is -2.75. The molecule has 3 aromatic carbocycles. The fourth-order valence-corrected chi connectivity index (χ4v) is 3.16. The predicted molar refractivity (Wildman–Crippen MR) is 109 cm³/mol. The molecule has 3 aromatic rings. The highest BCUT2D eigenvalue weighted by molar-refractivity contribution is 7.99. The first-order chi connectivity index (χ1) is 14.0. The van der Waals surface area contributed by atoms with E-state index in [0.29, 0.717) is 34.3 Å². The first kappa shape index (κ1) is 20.5. The standard InChI is InChI=1S/C22H17F2NO3S/c23-22(24)29-19-9-5-4-8-18(19)25-20(26)14-28-17-12-10-16(11-13-17)21(27)15-6-2-1-3-7-15/h1-13,22H,14H2,(H,25,26). The summed E-state index contributed by atoms with van der Waals surface area (Å²) in [5.41, 5.74) is 1.39. The Balaban J connectivity index is 1.57. The molecule has 3 rings (SSSR count). The van der Waals surface area contributed by atoms with Gasteiger partial charge in [-0.05, 0) is 36.4 Å². The van der Waals surface area contributed by atoms with Gasteiger partial charge in [-0.2, -0.15) is 8.78 Å². The molecule has 7 heteroatoms. The van der Waals surface area contributed by atoms with Crippen LogP contribution in [0.4, 0.5) is 14.5 Å². The van der Waals surface area contributed by atoms with Crippen molar-refractivity contribution in [2.75, 3.05) is 11.9 Å². The van der Waals surface area contributed by atoms with E-state index in [0.717, 1.165) is 0 Å². The Hall–Kier alpha value is -3.19. The van der Waals surface area contributed by atoms with Gasteiger partial charge in [-0.25, -0.2) is 0 Å². The number of carbonyl (C=O) groups excluding carboxylic acids is 2. The molecule has 148 valence electrons. The van der Waals surface area contributed by atoms with E-state index in [2.05, 4.69) is 5.32 Å². The lowest BCUT2D eigenvalue weighted by atomic mass is 10.0. The van der Waals surface area contributed by atoms with Crippen LogP contribution in [0.1, 0.15) is 15.9 Å². The Morgan fingerprint density at radius 2 is 1.48 bits per heavy atom. The van der Waals surface area contributed by atoms with Gasteiger partial charge in [0.25, 0.3) is 11.7 Å². The molecule has 29 heavy (non-hydrogen) atoms. The van der Waals surface area contributed by atoms with E-state index in [9.17, 15) is 18.4 Å². The summed E-state index contributed by atoms with van der Waals surface area (Å²) in [4.78, 5) is 24.7. The van der Waals surface area contributed by atoms with E-state index in [1.165, 1.54) is 6.07 Å². The maximum atomic E-state index is 12.6. The van der Waals surface area contributed by atoms with Gasteiger partial charge in [-0.1, -0.05) is 54.2 Å². The number of hydrogen-bond donors (Lipinski definition) is 1. The third-order valence-corrected chi connectivity index (χ3v) is 4.69. The monoisotopic (exact) mass is 413 g/mol. The van der Waals surface area contributed by atoms with Crippen molar-refractivity contribution in [1.82, 2.24) is 0 Å². The lowest BCUT2D eigenvalue weighted by Crippen LogP contribution is -2.20. The highest BCUT2D eigenvalue weighted by Crippen LogP contribution is 2.31. The molecule has 4 nitrogen and oxygen atoms in total. The van der Waals surface area contributed by atoms with Crippen molar-refractivity contribution in [1.29, 1.82) is 0 Å². The van der Waals surface area contributed by atoms with Crippen LogP contribution in [0.25, 0.3) is 0 Å². The average Bonchev–Trinajstić information content (AvgIpc) is 2.74. The van der Waals surface area contributed by atoms with Crippen molar-refractivity contribution in [3.63, 3.8) is 0 Å². The molecule has 0 aliphatic carbocycles. The van der Waals surface area contributed by atoms with Crippen LogP contribution in [-0.2, 0) is 4.79 Å². The van der Waals surface area contributed by atoms with Crippen LogP contribution in [-0.4, -0.2) is 24.1 Å². The molecule has 0 saturated carbocycles. The van der Waals surface area contributed by atoms with Gasteiger partial charge in [0, 0.05) is 16.0 Å². The van der Waals surface area contributed by atoms with Crippen molar-refractivity contribution in [2.45, 2.75) is 10.7 Å². The first-order valence-corrected chi connectivity index (χ1v) is 9.57. The van der Waals surface area contributed by atoms with Gasteiger partial charge in [0.15, 0.2) is 12.4 Å². The zero-order valence-electron chi connectivity index (χ0n) is 15.2. The van der Waals surface area contributed by atoms with Crippen LogP contribution in [0.5, 0.6) is 5.75 Å². The molecule has 0 spiro atoms. The molecule has 0 bridgehead atoms. The van der Waals surface area contributed by atoms with E-state index >= 15 is 0 Å². The molecule has 0 atom stereocenters. The van der Waals surface area contributed by atoms with Gasteiger partial charge < -0.3 is 10.1 Å². The van der Waals surface area contributed by atoms with Gasteiger partial charge in [0.2, 0.25) is 0 Å². The summed E-state index contributed by atoms with van der Waals surface area (Å²) in [7, 11) is 0. The molecular weight excluding hydrogens is 396 g/mol. The van der Waals surface area contributed by atoms with Crippen LogP contribution < -0.4 is 10.1 Å². The lowest BCUT2D eigenvalue weighted by molar-refractivity contribution is -0.118. The number of alkyl halides is 2. The predicted octanol–water partition coefficient (Wildman–Crippen LogP) is 5.25. The molecule has 0 aliphatic heterocycles. The largest absolute Gasteiger partial charge is 0.484 e. The Morgan fingerprint density at radius 3 is 2.17 bits per heavy atom. The molecular formula is C22H17F2NO3S. The second-order valence-electron chi connectivity index (χ2n) is 5.93. The minimum absolute atomic E-state index is 0.108. The molecule has 0 aliphatic rings. The van der Waals surface area contributed by atoms with Crippen molar-refractivity contribution >= 4 is 29.1 Å². The zero-order valence-corrected chi connectivity index (χ0v) is 16.0. The number of anilines is 1. The van der Waals surface area contributed by atoms with Crippen LogP contribution in [0.3, 0.4) is 0 Å². The number of amides is 1. The van der Waals surface area contributed by atoms with Gasteiger partial charge in [-0.15, -0.1) is 0 Å². The molecule has 0 fully saturated rings. The maximum absolute atomic E-state index is 12.6. The lowest BCUT2D eigenvalue weighted by Gasteiger charge is -2.11. The minimum atomic E-state index is -2.58. The number of halogens is 2. The number of para-hydroxylation sites is 1. The number of rotatable bonds is 8. The van der Waals surface area contributed by atoms with Crippen molar-refractivity contribution < 1.29 is 23.1 Å². The second-order valence-corrected chi connectivity index (χ2v) is 6.96. The Bertz CT molecular complexity index is 979. The van der Waals surface area contributed by atoms with Crippen LogP contribution in [0.2, 0.25) is 0 Å². The average molecular weight is 413 g/mol. The highest BCUT2D eigenvalue weighted by Gasteiger charge is 2.13. The van der Waals surface area contributed by atoms with E-state index in [1.807, 2.05) is 6.07 Å². The molecule has 0 heterocycles. The molecule has 1 N–H and O–H groups in total. The Morgan fingerprint density at radius 1 is 0.862 bits per heavy atom. The smallest absolute Gasteiger partial charge is 0.288 e. The third-order valence-electron chi connectivity index (χ3n) is 3.90. The summed E-state index contributed by atoms with van der Waals surface area (Å²) in [6.07, 6.45) is 0. The summed E-state index contributed by atoms with van der Waals surface area (Å²) < 4.78 is 30.6. The summed E-state index contributed by atoms with van der Waals surface area (Å²) >= 11 is 0.363. The molecule has 0 aromatic heterocycles. The molecule has 0 radical (unpaired) electrons. The number of ketones is 1. The minimum Gasteiger partial charge on any atom is -0.484 e. The third kappa shape index (κ3) is 5.89. The fraction of sp³-hybridized carbons (Fsp3) is 0.0909. The van der Waals surface area contributed by atoms with Crippen molar-refractivity contribution in [2.24, 2.45) is 0 Å². The van der Waals surface area contributed by atoms with E-state index < -0.39 is 11.7 Å². The fourth-order valence-electron chi connectivity index (χ4n) is 2.56. The number of thioether (sulfide) groups is 1. The number of ether oxygens (including phenoxy) is 1. The highest BCUT2D eigenvalue weighted by atomic mass is 32.2. The number of nitrogens with one attached hydrogen (secondary N) is 1. The Kier molecular flexibility index (Phi) is 6.97. The second kappa shape index (κ2) is 9.84. The molecule has 0 unspecified atom stereocenters. The first-order valence-electron chi connectivity index (χ1n) is 8.69. The number of carbonyl (C=O) groups is 2. The zero-order chi connectivity index (χ0) is 20.6. The van der Waals surface area contributed by atoms with Crippen LogP contribution in [0, 0.1) is 0 Å².